The molecule has 5 aromatic rings. The van der Waals surface area contributed by atoms with Crippen molar-refractivity contribution in [2.75, 3.05) is 6.54 Å². The van der Waals surface area contributed by atoms with Crippen LogP contribution in [0.15, 0.2) is 79.6 Å². The number of rotatable bonds is 7. The molecule has 0 atom stereocenters. The van der Waals surface area contributed by atoms with Gasteiger partial charge in [0, 0.05) is 55.4 Å². The number of aromatic nitrogens is 6. The zero-order valence-electron chi connectivity index (χ0n) is 18.2. The predicted molar refractivity (Wildman–Crippen MR) is 126 cm³/mol. The van der Waals surface area contributed by atoms with Crippen molar-refractivity contribution < 1.29 is 4.79 Å². The quantitative estimate of drug-likeness (QED) is 0.392. The van der Waals surface area contributed by atoms with E-state index in [1.807, 2.05) is 60.4 Å². The number of amides is 1. The Labute approximate surface area is 191 Å². The second kappa shape index (κ2) is 9.04. The highest BCUT2D eigenvalue weighted by atomic mass is 16.1. The number of benzene rings is 2. The van der Waals surface area contributed by atoms with Crippen LogP contribution in [-0.4, -0.2) is 41.8 Å². The van der Waals surface area contributed by atoms with Gasteiger partial charge in [-0.3, -0.25) is 9.48 Å². The molecule has 0 unspecified atom stereocenters. The molecule has 3 heterocycles. The van der Waals surface area contributed by atoms with Gasteiger partial charge in [0.05, 0.1) is 29.3 Å². The van der Waals surface area contributed by atoms with E-state index in [0.717, 1.165) is 41.0 Å². The van der Waals surface area contributed by atoms with Crippen molar-refractivity contribution in [3.8, 4) is 22.5 Å². The van der Waals surface area contributed by atoms with Crippen LogP contribution in [0, 0.1) is 0 Å². The molecular formula is C25H23N7O. The van der Waals surface area contributed by atoms with Crippen LogP contribution in [0.25, 0.3) is 33.5 Å². The van der Waals surface area contributed by atoms with E-state index in [4.69, 9.17) is 9.97 Å². The Kier molecular flexibility index (Phi) is 5.63. The average molecular weight is 438 g/mol. The third-order valence-corrected chi connectivity index (χ3v) is 5.39. The summed E-state index contributed by atoms with van der Waals surface area (Å²) >= 11 is 0. The fourth-order valence-corrected chi connectivity index (χ4v) is 3.72. The fraction of sp³-hybridized carbons (Fsp3) is 0.160. The second-order valence-electron chi connectivity index (χ2n) is 7.80. The largest absolute Gasteiger partial charge is 0.352 e. The summed E-state index contributed by atoms with van der Waals surface area (Å²) in [7, 11) is 1.88. The number of nitrogens with zero attached hydrogens (tertiary/aromatic N) is 6. The molecule has 0 radical (unpaired) electrons. The van der Waals surface area contributed by atoms with Gasteiger partial charge in [-0.15, -0.1) is 0 Å². The molecule has 0 aliphatic heterocycles. The van der Waals surface area contributed by atoms with Crippen LogP contribution in [0.4, 0.5) is 0 Å². The van der Waals surface area contributed by atoms with E-state index in [-0.39, 0.29) is 5.91 Å². The Bertz CT molecular complexity index is 1390. The minimum atomic E-state index is -0.123. The van der Waals surface area contributed by atoms with Crippen LogP contribution in [-0.2, 0) is 13.6 Å². The number of nitrogens with one attached hydrogen (secondary N) is 1. The van der Waals surface area contributed by atoms with E-state index in [1.165, 1.54) is 0 Å². The third-order valence-electron chi connectivity index (χ3n) is 5.39. The van der Waals surface area contributed by atoms with Crippen LogP contribution in [0.3, 0.4) is 0 Å². The molecule has 8 nitrogen and oxygen atoms in total. The van der Waals surface area contributed by atoms with E-state index in [9.17, 15) is 4.79 Å². The summed E-state index contributed by atoms with van der Waals surface area (Å²) in [6.45, 7) is 1.39. The van der Waals surface area contributed by atoms with Gasteiger partial charge in [0.2, 0.25) is 0 Å². The molecule has 8 heteroatoms. The summed E-state index contributed by atoms with van der Waals surface area (Å²) in [5.41, 5.74) is 5.34. The summed E-state index contributed by atoms with van der Waals surface area (Å²) in [5, 5.41) is 7.27. The predicted octanol–water partition coefficient (Wildman–Crippen LogP) is 3.71. The molecule has 0 fully saturated rings. The first-order valence-electron chi connectivity index (χ1n) is 10.8. The Morgan fingerprint density at radius 2 is 1.82 bits per heavy atom. The Morgan fingerprint density at radius 3 is 2.58 bits per heavy atom. The molecule has 0 bridgehead atoms. The smallest absolute Gasteiger partial charge is 0.251 e. The maximum atomic E-state index is 12.7. The summed E-state index contributed by atoms with van der Waals surface area (Å²) in [5.74, 6) is -0.123. The first-order chi connectivity index (χ1) is 16.2. The van der Waals surface area contributed by atoms with E-state index in [1.54, 1.807) is 35.5 Å². The van der Waals surface area contributed by atoms with E-state index >= 15 is 0 Å². The van der Waals surface area contributed by atoms with Crippen LogP contribution >= 0.6 is 0 Å². The number of aryl methyl sites for hydroxylation is 2. The zero-order valence-corrected chi connectivity index (χ0v) is 18.2. The van der Waals surface area contributed by atoms with Gasteiger partial charge in [0.1, 0.15) is 5.69 Å². The minimum absolute atomic E-state index is 0.123. The molecule has 1 amide bonds. The number of imidazole rings is 1. The van der Waals surface area contributed by atoms with Crippen molar-refractivity contribution in [3.05, 3.63) is 85.2 Å². The van der Waals surface area contributed by atoms with Gasteiger partial charge in [0.15, 0.2) is 0 Å². The van der Waals surface area contributed by atoms with Crippen molar-refractivity contribution in [3.63, 3.8) is 0 Å². The molecule has 0 saturated heterocycles. The molecule has 1 N–H and O–H groups in total. The van der Waals surface area contributed by atoms with Gasteiger partial charge >= 0.3 is 0 Å². The van der Waals surface area contributed by atoms with Gasteiger partial charge in [-0.05, 0) is 24.6 Å². The molecule has 0 aliphatic carbocycles. The first kappa shape index (κ1) is 20.6. The standard InChI is InChI=1S/C25H23N7O/c1-31-16-20(15-28-31)24-23(18-6-3-2-4-7-18)30-22-14-19(8-9-21(22)29-24)25(33)27-10-5-12-32-13-11-26-17-32/h2-4,6-9,11,13-17H,5,10,12H2,1H3,(H,27,33). The van der Waals surface area contributed by atoms with Crippen LogP contribution < -0.4 is 5.32 Å². The van der Waals surface area contributed by atoms with E-state index < -0.39 is 0 Å². The van der Waals surface area contributed by atoms with Crippen molar-refractivity contribution in [2.24, 2.45) is 7.05 Å². The molecule has 164 valence electrons. The Hall–Kier alpha value is -4.33. The van der Waals surface area contributed by atoms with Crippen LogP contribution in [0.1, 0.15) is 16.8 Å². The average Bonchev–Trinajstić information content (AvgIpc) is 3.53. The molecular weight excluding hydrogens is 414 g/mol. The summed E-state index contributed by atoms with van der Waals surface area (Å²) in [6, 6.07) is 15.4. The van der Waals surface area contributed by atoms with Crippen molar-refractivity contribution in [1.29, 1.82) is 0 Å². The fourth-order valence-electron chi connectivity index (χ4n) is 3.72. The summed E-state index contributed by atoms with van der Waals surface area (Å²) < 4.78 is 3.74. The first-order valence-corrected chi connectivity index (χ1v) is 10.8. The minimum Gasteiger partial charge on any atom is -0.352 e. The maximum Gasteiger partial charge on any atom is 0.251 e. The molecule has 0 saturated carbocycles. The lowest BCUT2D eigenvalue weighted by Crippen LogP contribution is -2.25. The number of carbonyl (C=O) groups excluding carboxylic acids is 1. The lowest BCUT2D eigenvalue weighted by atomic mass is 10.1. The molecule has 5 rings (SSSR count). The SMILES string of the molecule is Cn1cc(-c2nc3ccc(C(=O)NCCCn4ccnc4)cc3nc2-c2ccccc2)cn1. The Balaban J connectivity index is 1.43. The lowest BCUT2D eigenvalue weighted by molar-refractivity contribution is 0.0953. The highest BCUT2D eigenvalue weighted by Crippen LogP contribution is 2.30. The third kappa shape index (κ3) is 4.50. The highest BCUT2D eigenvalue weighted by Gasteiger charge is 2.16. The number of fused-ring (bicyclic) bond motifs is 1. The number of hydrogen-bond donors (Lipinski definition) is 1. The summed E-state index contributed by atoms with van der Waals surface area (Å²) in [6.07, 6.45) is 9.96. The van der Waals surface area contributed by atoms with Gasteiger partial charge in [-0.2, -0.15) is 5.10 Å². The van der Waals surface area contributed by atoms with Gasteiger partial charge in [-0.1, -0.05) is 30.3 Å². The van der Waals surface area contributed by atoms with Crippen molar-refractivity contribution >= 4 is 16.9 Å². The van der Waals surface area contributed by atoms with Gasteiger partial charge in [-0.25, -0.2) is 15.0 Å². The van der Waals surface area contributed by atoms with Crippen LogP contribution in [0.2, 0.25) is 0 Å². The lowest BCUT2D eigenvalue weighted by Gasteiger charge is -2.10. The monoisotopic (exact) mass is 437 g/mol. The Morgan fingerprint density at radius 1 is 1.00 bits per heavy atom. The highest BCUT2D eigenvalue weighted by molar-refractivity contribution is 5.98. The number of hydrogen-bond acceptors (Lipinski definition) is 5. The topological polar surface area (TPSA) is 90.5 Å². The van der Waals surface area contributed by atoms with Crippen molar-refractivity contribution in [2.45, 2.75) is 13.0 Å². The van der Waals surface area contributed by atoms with Gasteiger partial charge < -0.3 is 9.88 Å². The molecule has 33 heavy (non-hydrogen) atoms. The molecule has 2 aromatic carbocycles. The van der Waals surface area contributed by atoms with E-state index in [0.29, 0.717) is 17.6 Å². The maximum absolute atomic E-state index is 12.7. The van der Waals surface area contributed by atoms with Gasteiger partial charge in [0.25, 0.3) is 5.91 Å². The molecule has 3 aromatic heterocycles. The van der Waals surface area contributed by atoms with Crippen LogP contribution in [0.5, 0.6) is 0 Å². The molecule has 0 aliphatic rings. The van der Waals surface area contributed by atoms with E-state index in [2.05, 4.69) is 15.4 Å². The summed E-state index contributed by atoms with van der Waals surface area (Å²) in [4.78, 5) is 26.5. The second-order valence-corrected chi connectivity index (χ2v) is 7.80. The normalized spacial score (nSPS) is 11.1. The zero-order chi connectivity index (χ0) is 22.6. The molecule has 0 spiro atoms. The number of carbonyl (C=O) groups is 1. The van der Waals surface area contributed by atoms with Crippen molar-refractivity contribution in [1.82, 2.24) is 34.6 Å².